The molecule has 1 atom stereocenters. The first-order valence-electron chi connectivity index (χ1n) is 3.79. The first-order valence-corrected chi connectivity index (χ1v) is 4.17. The summed E-state index contributed by atoms with van der Waals surface area (Å²) in [6, 6.07) is 0. The lowest BCUT2D eigenvalue weighted by molar-refractivity contribution is 0.181. The van der Waals surface area contributed by atoms with Crippen LogP contribution in [0.5, 0.6) is 0 Å². The summed E-state index contributed by atoms with van der Waals surface area (Å²) >= 11 is 5.61. The molecule has 0 radical (unpaired) electrons. The first kappa shape index (κ1) is 10.1. The standard InChI is InChI=1S/C7H11ClN4O/c1-4(3-13-2)5-10-6(8)12-7(9)11-5/h4H,3H2,1-2H3,(H2,9,10,11,12). The topological polar surface area (TPSA) is 73.9 Å². The van der Waals surface area contributed by atoms with Gasteiger partial charge in [0, 0.05) is 13.0 Å². The number of aromatic nitrogens is 3. The van der Waals surface area contributed by atoms with Gasteiger partial charge in [-0.15, -0.1) is 0 Å². The SMILES string of the molecule is COCC(C)c1nc(N)nc(Cl)n1. The quantitative estimate of drug-likeness (QED) is 0.787. The van der Waals surface area contributed by atoms with E-state index < -0.39 is 0 Å². The van der Waals surface area contributed by atoms with Crippen LogP contribution in [0.3, 0.4) is 0 Å². The fraction of sp³-hybridized carbons (Fsp3) is 0.571. The summed E-state index contributed by atoms with van der Waals surface area (Å²) in [7, 11) is 1.61. The number of nitrogen functional groups attached to an aromatic ring is 1. The Balaban J connectivity index is 2.87. The molecule has 1 aromatic heterocycles. The lowest BCUT2D eigenvalue weighted by Gasteiger charge is -2.08. The number of nitrogens with two attached hydrogens (primary N) is 1. The molecule has 6 heteroatoms. The molecule has 72 valence electrons. The number of hydrogen-bond acceptors (Lipinski definition) is 5. The van der Waals surface area contributed by atoms with E-state index in [1.807, 2.05) is 6.92 Å². The predicted octanol–water partition coefficient (Wildman–Crippen LogP) is 0.857. The van der Waals surface area contributed by atoms with Crippen molar-refractivity contribution in [1.82, 2.24) is 15.0 Å². The normalized spacial score (nSPS) is 12.8. The van der Waals surface area contributed by atoms with Crippen molar-refractivity contribution in [3.63, 3.8) is 0 Å². The van der Waals surface area contributed by atoms with Crippen LogP contribution in [0.1, 0.15) is 18.7 Å². The zero-order valence-corrected chi connectivity index (χ0v) is 8.25. The number of methoxy groups -OCH3 is 1. The highest BCUT2D eigenvalue weighted by Gasteiger charge is 2.10. The zero-order valence-electron chi connectivity index (χ0n) is 7.49. The fourth-order valence-electron chi connectivity index (χ4n) is 0.926. The highest BCUT2D eigenvalue weighted by molar-refractivity contribution is 6.28. The van der Waals surface area contributed by atoms with Crippen LogP contribution in [0.25, 0.3) is 0 Å². The second-order valence-corrected chi connectivity index (χ2v) is 3.02. The van der Waals surface area contributed by atoms with Crippen LogP contribution in [0.4, 0.5) is 5.95 Å². The van der Waals surface area contributed by atoms with E-state index in [9.17, 15) is 0 Å². The Kier molecular flexibility index (Phi) is 3.39. The number of ether oxygens (including phenoxy) is 1. The molecule has 0 bridgehead atoms. The van der Waals surface area contributed by atoms with Gasteiger partial charge >= 0.3 is 0 Å². The lowest BCUT2D eigenvalue weighted by Crippen LogP contribution is -2.10. The van der Waals surface area contributed by atoms with Crippen LogP contribution in [0.2, 0.25) is 5.28 Å². The fourth-order valence-corrected chi connectivity index (χ4v) is 1.10. The molecule has 0 saturated heterocycles. The second kappa shape index (κ2) is 4.34. The average molecular weight is 203 g/mol. The van der Waals surface area contributed by atoms with Gasteiger partial charge in [-0.05, 0) is 11.6 Å². The van der Waals surface area contributed by atoms with Crippen molar-refractivity contribution in [2.45, 2.75) is 12.8 Å². The van der Waals surface area contributed by atoms with Gasteiger partial charge in [0.05, 0.1) is 6.61 Å². The molecule has 0 fully saturated rings. The predicted molar refractivity (Wildman–Crippen MR) is 49.5 cm³/mol. The van der Waals surface area contributed by atoms with Crippen molar-refractivity contribution in [2.24, 2.45) is 0 Å². The van der Waals surface area contributed by atoms with E-state index in [1.165, 1.54) is 0 Å². The number of rotatable bonds is 3. The number of hydrogen-bond donors (Lipinski definition) is 1. The van der Waals surface area contributed by atoms with Crippen LogP contribution in [0, 0.1) is 0 Å². The van der Waals surface area contributed by atoms with Crippen molar-refractivity contribution < 1.29 is 4.74 Å². The van der Waals surface area contributed by atoms with Gasteiger partial charge in [0.15, 0.2) is 0 Å². The number of anilines is 1. The molecule has 1 aromatic rings. The first-order chi connectivity index (χ1) is 6.13. The second-order valence-electron chi connectivity index (χ2n) is 2.68. The molecule has 0 saturated carbocycles. The maximum atomic E-state index is 5.61. The molecule has 0 aliphatic carbocycles. The van der Waals surface area contributed by atoms with Crippen molar-refractivity contribution in [3.05, 3.63) is 11.1 Å². The Morgan fingerprint density at radius 2 is 2.15 bits per heavy atom. The molecular weight excluding hydrogens is 192 g/mol. The maximum Gasteiger partial charge on any atom is 0.227 e. The van der Waals surface area contributed by atoms with E-state index >= 15 is 0 Å². The van der Waals surface area contributed by atoms with Gasteiger partial charge in [-0.25, -0.2) is 4.98 Å². The minimum absolute atomic E-state index is 0.0628. The summed E-state index contributed by atoms with van der Waals surface area (Å²) in [5.41, 5.74) is 5.41. The molecule has 1 unspecified atom stereocenters. The summed E-state index contributed by atoms with van der Waals surface area (Å²) in [5, 5.41) is 0.116. The highest BCUT2D eigenvalue weighted by atomic mass is 35.5. The van der Waals surface area contributed by atoms with Gasteiger partial charge in [-0.2, -0.15) is 9.97 Å². The molecule has 1 rings (SSSR count). The highest BCUT2D eigenvalue weighted by Crippen LogP contribution is 2.12. The maximum absolute atomic E-state index is 5.61. The molecule has 13 heavy (non-hydrogen) atoms. The molecular formula is C7H11ClN4O. The molecule has 0 aliphatic heterocycles. The van der Waals surface area contributed by atoms with Crippen LogP contribution in [-0.2, 0) is 4.74 Å². The Morgan fingerprint density at radius 1 is 1.46 bits per heavy atom. The lowest BCUT2D eigenvalue weighted by atomic mass is 10.2. The van der Waals surface area contributed by atoms with Crippen molar-refractivity contribution in [2.75, 3.05) is 19.5 Å². The van der Waals surface area contributed by atoms with Gasteiger partial charge in [0.2, 0.25) is 11.2 Å². The van der Waals surface area contributed by atoms with Crippen molar-refractivity contribution in [3.8, 4) is 0 Å². The van der Waals surface area contributed by atoms with E-state index in [0.29, 0.717) is 12.4 Å². The average Bonchev–Trinajstić information content (AvgIpc) is 2.03. The van der Waals surface area contributed by atoms with E-state index in [2.05, 4.69) is 15.0 Å². The summed E-state index contributed by atoms with van der Waals surface area (Å²) < 4.78 is 4.95. The molecule has 0 amide bonds. The van der Waals surface area contributed by atoms with Gasteiger partial charge in [-0.1, -0.05) is 6.92 Å². The van der Waals surface area contributed by atoms with E-state index in [0.717, 1.165) is 0 Å². The van der Waals surface area contributed by atoms with Crippen LogP contribution >= 0.6 is 11.6 Å². The summed E-state index contributed by atoms with van der Waals surface area (Å²) in [6.45, 7) is 2.45. The van der Waals surface area contributed by atoms with Crippen LogP contribution in [-0.4, -0.2) is 28.7 Å². The molecule has 1 heterocycles. The number of halogens is 1. The molecule has 0 aromatic carbocycles. The van der Waals surface area contributed by atoms with E-state index in [4.69, 9.17) is 22.1 Å². The zero-order chi connectivity index (χ0) is 9.84. The van der Waals surface area contributed by atoms with E-state index in [-0.39, 0.29) is 17.1 Å². The van der Waals surface area contributed by atoms with Gasteiger partial charge in [0.1, 0.15) is 5.82 Å². The minimum atomic E-state index is 0.0628. The van der Waals surface area contributed by atoms with E-state index in [1.54, 1.807) is 7.11 Å². The molecule has 0 spiro atoms. The van der Waals surface area contributed by atoms with Crippen LogP contribution in [0.15, 0.2) is 0 Å². The van der Waals surface area contributed by atoms with Crippen LogP contribution < -0.4 is 5.73 Å². The summed E-state index contributed by atoms with van der Waals surface area (Å²) in [5.74, 6) is 0.755. The third-order valence-electron chi connectivity index (χ3n) is 1.50. The van der Waals surface area contributed by atoms with Gasteiger partial charge in [-0.3, -0.25) is 0 Å². The number of nitrogens with zero attached hydrogens (tertiary/aromatic N) is 3. The third kappa shape index (κ3) is 2.78. The summed E-state index contributed by atoms with van der Waals surface area (Å²) in [6.07, 6.45) is 0. The molecule has 0 aliphatic rings. The Labute approximate surface area is 81.3 Å². The Hall–Kier alpha value is -0.940. The smallest absolute Gasteiger partial charge is 0.227 e. The van der Waals surface area contributed by atoms with Gasteiger partial charge < -0.3 is 10.5 Å². The van der Waals surface area contributed by atoms with Gasteiger partial charge in [0.25, 0.3) is 0 Å². The molecule has 5 nitrogen and oxygen atoms in total. The third-order valence-corrected chi connectivity index (χ3v) is 1.67. The monoisotopic (exact) mass is 202 g/mol. The Morgan fingerprint density at radius 3 is 2.69 bits per heavy atom. The summed E-state index contributed by atoms with van der Waals surface area (Å²) in [4.78, 5) is 11.5. The van der Waals surface area contributed by atoms with Crippen molar-refractivity contribution >= 4 is 17.5 Å². The molecule has 2 N–H and O–H groups in total. The van der Waals surface area contributed by atoms with Crippen molar-refractivity contribution in [1.29, 1.82) is 0 Å². The minimum Gasteiger partial charge on any atom is -0.384 e. The Bertz CT molecular complexity index is 274. The largest absolute Gasteiger partial charge is 0.384 e.